The van der Waals surface area contributed by atoms with Gasteiger partial charge in [0.05, 0.1) is 11.9 Å². The topological polar surface area (TPSA) is 86.8 Å². The van der Waals surface area contributed by atoms with Crippen LogP contribution in [0.1, 0.15) is 32.3 Å². The van der Waals surface area contributed by atoms with Crippen molar-refractivity contribution in [3.8, 4) is 0 Å². The molecular formula is C23H29F2N3O4S. The van der Waals surface area contributed by atoms with Crippen LogP contribution >= 0.6 is 0 Å². The second-order valence-corrected chi connectivity index (χ2v) is 9.52. The average molecular weight is 482 g/mol. The SMILES string of the molecule is CCCNC(=O)[C@H](CC)N(Cc1ccc(F)cc1)C(=O)CN(c1cccc(F)c1)S(C)(=O)=O. The summed E-state index contributed by atoms with van der Waals surface area (Å²) >= 11 is 0. The monoisotopic (exact) mass is 481 g/mol. The number of carbonyl (C=O) groups excluding carboxylic acids is 2. The molecule has 1 N–H and O–H groups in total. The van der Waals surface area contributed by atoms with E-state index in [-0.39, 0.29) is 24.6 Å². The van der Waals surface area contributed by atoms with Crippen molar-refractivity contribution in [2.24, 2.45) is 0 Å². The van der Waals surface area contributed by atoms with Crippen LogP contribution in [0.2, 0.25) is 0 Å². The first kappa shape index (κ1) is 26.2. The Morgan fingerprint density at radius 1 is 1.03 bits per heavy atom. The van der Waals surface area contributed by atoms with E-state index in [1.54, 1.807) is 6.92 Å². The molecular weight excluding hydrogens is 452 g/mol. The zero-order valence-corrected chi connectivity index (χ0v) is 19.7. The smallest absolute Gasteiger partial charge is 0.244 e. The largest absolute Gasteiger partial charge is 0.354 e. The molecule has 7 nitrogen and oxygen atoms in total. The molecule has 0 aromatic heterocycles. The van der Waals surface area contributed by atoms with Gasteiger partial charge in [0, 0.05) is 13.1 Å². The van der Waals surface area contributed by atoms with E-state index in [1.807, 2.05) is 6.92 Å². The van der Waals surface area contributed by atoms with Gasteiger partial charge in [-0.25, -0.2) is 17.2 Å². The van der Waals surface area contributed by atoms with Gasteiger partial charge in [-0.3, -0.25) is 13.9 Å². The van der Waals surface area contributed by atoms with Crippen molar-refractivity contribution in [3.05, 3.63) is 65.7 Å². The summed E-state index contributed by atoms with van der Waals surface area (Å²) in [6, 6.07) is 9.51. The lowest BCUT2D eigenvalue weighted by atomic mass is 10.1. The van der Waals surface area contributed by atoms with E-state index in [2.05, 4.69) is 5.32 Å². The molecule has 0 spiro atoms. The van der Waals surface area contributed by atoms with Gasteiger partial charge in [0.15, 0.2) is 0 Å². The number of nitrogens with one attached hydrogen (secondary N) is 1. The second kappa shape index (κ2) is 11.7. The molecule has 0 saturated heterocycles. The third-order valence-electron chi connectivity index (χ3n) is 4.98. The summed E-state index contributed by atoms with van der Waals surface area (Å²) in [6.07, 6.45) is 1.90. The van der Waals surface area contributed by atoms with Crippen molar-refractivity contribution in [2.45, 2.75) is 39.3 Å². The first-order valence-corrected chi connectivity index (χ1v) is 12.5. The van der Waals surface area contributed by atoms with Crippen molar-refractivity contribution in [1.29, 1.82) is 0 Å². The van der Waals surface area contributed by atoms with Crippen molar-refractivity contribution < 1.29 is 26.8 Å². The maximum atomic E-state index is 13.7. The van der Waals surface area contributed by atoms with E-state index in [9.17, 15) is 26.8 Å². The highest BCUT2D eigenvalue weighted by Crippen LogP contribution is 2.20. The van der Waals surface area contributed by atoms with Crippen molar-refractivity contribution in [3.63, 3.8) is 0 Å². The van der Waals surface area contributed by atoms with Gasteiger partial charge in [-0.2, -0.15) is 0 Å². The summed E-state index contributed by atoms with van der Waals surface area (Å²) in [7, 11) is -3.94. The maximum absolute atomic E-state index is 13.7. The van der Waals surface area contributed by atoms with E-state index in [0.717, 1.165) is 22.7 Å². The second-order valence-electron chi connectivity index (χ2n) is 7.61. The fourth-order valence-corrected chi connectivity index (χ4v) is 4.16. The van der Waals surface area contributed by atoms with Crippen LogP contribution < -0.4 is 9.62 Å². The van der Waals surface area contributed by atoms with Crippen LogP contribution in [0.25, 0.3) is 0 Å². The van der Waals surface area contributed by atoms with Crippen molar-refractivity contribution >= 4 is 27.5 Å². The Balaban J connectivity index is 2.41. The molecule has 0 heterocycles. The summed E-state index contributed by atoms with van der Waals surface area (Å²) in [4.78, 5) is 27.4. The van der Waals surface area contributed by atoms with Crippen molar-refractivity contribution in [1.82, 2.24) is 10.2 Å². The Kier molecular flexibility index (Phi) is 9.33. The molecule has 2 aromatic rings. The minimum absolute atomic E-state index is 0.00364. The third-order valence-corrected chi connectivity index (χ3v) is 6.12. The molecule has 2 rings (SSSR count). The fourth-order valence-electron chi connectivity index (χ4n) is 3.32. The zero-order chi connectivity index (χ0) is 24.6. The summed E-state index contributed by atoms with van der Waals surface area (Å²) in [5, 5.41) is 2.76. The number of sulfonamides is 1. The lowest BCUT2D eigenvalue weighted by Gasteiger charge is -2.32. The molecule has 1 atom stereocenters. The van der Waals surface area contributed by atoms with E-state index < -0.39 is 40.2 Å². The number of halogens is 2. The number of amides is 2. The van der Waals surface area contributed by atoms with Gasteiger partial charge in [0.2, 0.25) is 21.8 Å². The number of anilines is 1. The molecule has 0 unspecified atom stereocenters. The molecule has 0 fully saturated rings. The Morgan fingerprint density at radius 2 is 1.70 bits per heavy atom. The van der Waals surface area contributed by atoms with E-state index in [4.69, 9.17) is 0 Å². The molecule has 0 aliphatic rings. The van der Waals surface area contributed by atoms with Crippen LogP contribution in [0.4, 0.5) is 14.5 Å². The van der Waals surface area contributed by atoms with Crippen LogP contribution in [0.5, 0.6) is 0 Å². The number of carbonyl (C=O) groups is 2. The van der Waals surface area contributed by atoms with Crippen LogP contribution in [0, 0.1) is 11.6 Å². The zero-order valence-electron chi connectivity index (χ0n) is 18.9. The molecule has 33 heavy (non-hydrogen) atoms. The van der Waals surface area contributed by atoms with E-state index in [1.165, 1.54) is 41.3 Å². The first-order chi connectivity index (χ1) is 15.6. The summed E-state index contributed by atoms with van der Waals surface area (Å²) in [5.74, 6) is -2.11. The van der Waals surface area contributed by atoms with Crippen LogP contribution in [-0.2, 0) is 26.2 Å². The fraction of sp³-hybridized carbons (Fsp3) is 0.391. The Labute approximate surface area is 193 Å². The first-order valence-electron chi connectivity index (χ1n) is 10.6. The normalized spacial score (nSPS) is 12.2. The van der Waals surface area contributed by atoms with Crippen molar-refractivity contribution in [2.75, 3.05) is 23.7 Å². The molecule has 2 amide bonds. The molecule has 0 aliphatic heterocycles. The number of hydrogen-bond acceptors (Lipinski definition) is 4. The minimum Gasteiger partial charge on any atom is -0.354 e. The van der Waals surface area contributed by atoms with Crippen LogP contribution in [0.3, 0.4) is 0 Å². The Morgan fingerprint density at radius 3 is 2.24 bits per heavy atom. The maximum Gasteiger partial charge on any atom is 0.244 e. The Bertz CT molecular complexity index is 1060. The number of rotatable bonds is 11. The lowest BCUT2D eigenvalue weighted by molar-refractivity contribution is -0.140. The van der Waals surface area contributed by atoms with Gasteiger partial charge in [-0.1, -0.05) is 32.0 Å². The predicted octanol–water partition coefficient (Wildman–Crippen LogP) is 3.06. The van der Waals surface area contributed by atoms with Gasteiger partial charge in [-0.15, -0.1) is 0 Å². The summed E-state index contributed by atoms with van der Waals surface area (Å²) < 4.78 is 52.7. The van der Waals surface area contributed by atoms with Gasteiger partial charge in [0.25, 0.3) is 0 Å². The molecule has 180 valence electrons. The highest BCUT2D eigenvalue weighted by molar-refractivity contribution is 7.92. The predicted molar refractivity (Wildman–Crippen MR) is 123 cm³/mol. The average Bonchev–Trinajstić information content (AvgIpc) is 2.76. The van der Waals surface area contributed by atoms with Gasteiger partial charge in [-0.05, 0) is 48.7 Å². The lowest BCUT2D eigenvalue weighted by Crippen LogP contribution is -2.52. The van der Waals surface area contributed by atoms with Gasteiger partial charge >= 0.3 is 0 Å². The number of hydrogen-bond donors (Lipinski definition) is 1. The summed E-state index contributed by atoms with van der Waals surface area (Å²) in [6.45, 7) is 3.40. The molecule has 0 saturated carbocycles. The quantitative estimate of drug-likeness (QED) is 0.535. The van der Waals surface area contributed by atoms with E-state index in [0.29, 0.717) is 18.5 Å². The highest BCUT2D eigenvalue weighted by Gasteiger charge is 2.31. The van der Waals surface area contributed by atoms with Gasteiger partial charge in [0.1, 0.15) is 24.2 Å². The standard InChI is InChI=1S/C23H29F2N3O4S/c1-4-13-26-23(30)21(5-2)27(15-17-9-11-18(24)12-10-17)22(29)16-28(33(3,31)32)20-8-6-7-19(25)14-20/h6-12,14,21H,4-5,13,15-16H2,1-3H3,(H,26,30)/t21-/m0/s1. The van der Waals surface area contributed by atoms with Crippen LogP contribution in [0.15, 0.2) is 48.5 Å². The summed E-state index contributed by atoms with van der Waals surface area (Å²) in [5.41, 5.74) is 0.569. The molecule has 2 aromatic carbocycles. The number of nitrogens with zero attached hydrogens (tertiary/aromatic N) is 2. The number of benzene rings is 2. The molecule has 10 heteroatoms. The molecule has 0 bridgehead atoms. The molecule has 0 aliphatic carbocycles. The van der Waals surface area contributed by atoms with E-state index >= 15 is 0 Å². The van der Waals surface area contributed by atoms with Crippen LogP contribution in [-0.4, -0.2) is 50.5 Å². The Hall–Kier alpha value is -3.01. The third kappa shape index (κ3) is 7.52. The highest BCUT2D eigenvalue weighted by atomic mass is 32.2. The van der Waals surface area contributed by atoms with Gasteiger partial charge < -0.3 is 10.2 Å². The molecule has 0 radical (unpaired) electrons. The minimum atomic E-state index is -3.94.